The van der Waals surface area contributed by atoms with Crippen molar-refractivity contribution in [2.45, 2.75) is 25.4 Å². The third-order valence-corrected chi connectivity index (χ3v) is 4.77. The number of amides is 1. The summed E-state index contributed by atoms with van der Waals surface area (Å²) in [6.07, 6.45) is 8.06. The molecule has 0 aliphatic carbocycles. The number of carbonyl (C=O) groups excluding carboxylic acids is 1. The number of nitrogens with one attached hydrogen (secondary N) is 2. The van der Waals surface area contributed by atoms with Gasteiger partial charge in [0.2, 0.25) is 0 Å². The minimum atomic E-state index is -0.611. The molecule has 10 heteroatoms. The Kier molecular flexibility index (Phi) is 10.9. The second-order valence-electron chi connectivity index (χ2n) is 6.45. The molecule has 3 N–H and O–H groups in total. The monoisotopic (exact) mass is 459 g/mol. The molecule has 1 aliphatic heterocycles. The lowest BCUT2D eigenvalue weighted by atomic mass is 10.0. The van der Waals surface area contributed by atoms with E-state index in [1.54, 1.807) is 12.4 Å². The Hall–Kier alpha value is -1.90. The van der Waals surface area contributed by atoms with Gasteiger partial charge in [0, 0.05) is 30.2 Å². The van der Waals surface area contributed by atoms with Gasteiger partial charge >= 0.3 is 0 Å². The first-order valence-electron chi connectivity index (χ1n) is 8.80. The highest BCUT2D eigenvalue weighted by molar-refractivity contribution is 6.31. The van der Waals surface area contributed by atoms with Crippen molar-refractivity contribution in [2.75, 3.05) is 18.4 Å². The second-order valence-corrected chi connectivity index (χ2v) is 6.85. The van der Waals surface area contributed by atoms with Crippen LogP contribution in [0.1, 0.15) is 24.1 Å². The summed E-state index contributed by atoms with van der Waals surface area (Å²) in [5, 5.41) is 12.7. The van der Waals surface area contributed by atoms with Crippen LogP contribution >= 0.6 is 36.4 Å². The zero-order valence-corrected chi connectivity index (χ0v) is 18.0. The standard InChI is InChI=1S/C19H22ClN5O2.2ClH/c20-17-6-2-1-4-14(17)12-25-9-3-5-16(13-25)23-18-11-21-15(10-22-18)7-8-19(26)24-27;;/h1-2,4,6-8,10-11,16,27H,3,5,9,12-13H2,(H,22,23)(H,24,26);2*1H/b8-7+;;/t16-;;/m1../s1. The Bertz CT molecular complexity index is 805. The van der Waals surface area contributed by atoms with E-state index in [4.69, 9.17) is 16.8 Å². The number of hydrogen-bond donors (Lipinski definition) is 3. The molecule has 1 fully saturated rings. The predicted octanol–water partition coefficient (Wildman–Crippen LogP) is 3.57. The van der Waals surface area contributed by atoms with Crippen molar-refractivity contribution in [3.63, 3.8) is 0 Å². The number of aromatic nitrogens is 2. The summed E-state index contributed by atoms with van der Waals surface area (Å²) in [6.45, 7) is 2.79. The van der Waals surface area contributed by atoms with E-state index in [1.807, 2.05) is 18.2 Å². The van der Waals surface area contributed by atoms with Crippen LogP contribution < -0.4 is 10.8 Å². The molecule has 2 aromatic rings. The minimum Gasteiger partial charge on any atom is -0.365 e. The van der Waals surface area contributed by atoms with Crippen molar-refractivity contribution < 1.29 is 10.0 Å². The molecule has 1 aromatic carbocycles. The number of nitrogens with zero attached hydrogens (tertiary/aromatic N) is 3. The van der Waals surface area contributed by atoms with Crippen molar-refractivity contribution in [3.8, 4) is 0 Å². The molecular formula is C19H24Cl3N5O2. The Morgan fingerprint density at radius 2 is 2.07 bits per heavy atom. The van der Waals surface area contributed by atoms with Crippen LogP contribution in [0.25, 0.3) is 6.08 Å². The molecule has 0 saturated carbocycles. The lowest BCUT2D eigenvalue weighted by Gasteiger charge is -2.33. The highest BCUT2D eigenvalue weighted by atomic mass is 35.5. The third kappa shape index (κ3) is 7.79. The molecule has 1 atom stereocenters. The fourth-order valence-electron chi connectivity index (χ4n) is 3.09. The van der Waals surface area contributed by atoms with Gasteiger partial charge in [0.1, 0.15) is 5.82 Å². The van der Waals surface area contributed by atoms with Crippen molar-refractivity contribution in [1.29, 1.82) is 0 Å². The highest BCUT2D eigenvalue weighted by Crippen LogP contribution is 2.21. The Balaban J connectivity index is 0.00000210. The number of hydrogen-bond acceptors (Lipinski definition) is 6. The Labute approximate surface area is 187 Å². The van der Waals surface area contributed by atoms with E-state index in [-0.39, 0.29) is 30.9 Å². The van der Waals surface area contributed by atoms with Crippen molar-refractivity contribution in [3.05, 3.63) is 59.0 Å². The maximum atomic E-state index is 11.0. The van der Waals surface area contributed by atoms with Gasteiger partial charge in [-0.1, -0.05) is 29.8 Å². The number of piperidine rings is 1. The molecule has 0 bridgehead atoms. The molecule has 2 heterocycles. The zero-order valence-electron chi connectivity index (χ0n) is 15.6. The van der Waals surface area contributed by atoms with E-state index in [2.05, 4.69) is 26.3 Å². The largest absolute Gasteiger partial charge is 0.365 e. The van der Waals surface area contributed by atoms with Crippen LogP contribution in [0.2, 0.25) is 5.02 Å². The van der Waals surface area contributed by atoms with Crippen LogP contribution in [0.3, 0.4) is 0 Å². The molecule has 158 valence electrons. The Morgan fingerprint density at radius 3 is 2.76 bits per heavy atom. The van der Waals surface area contributed by atoms with Crippen LogP contribution in [0.4, 0.5) is 5.82 Å². The van der Waals surface area contributed by atoms with Gasteiger partial charge < -0.3 is 5.32 Å². The summed E-state index contributed by atoms with van der Waals surface area (Å²) < 4.78 is 0. The molecule has 1 amide bonds. The lowest BCUT2D eigenvalue weighted by molar-refractivity contribution is -0.124. The van der Waals surface area contributed by atoms with Crippen LogP contribution in [-0.4, -0.2) is 45.1 Å². The normalized spacial score (nSPS) is 16.6. The quantitative estimate of drug-likeness (QED) is 0.347. The number of hydroxylamine groups is 1. The van der Waals surface area contributed by atoms with E-state index in [9.17, 15) is 4.79 Å². The number of carbonyl (C=O) groups is 1. The first kappa shape index (κ1) is 25.1. The summed E-state index contributed by atoms with van der Waals surface area (Å²) in [4.78, 5) is 22.0. The molecule has 3 rings (SSSR count). The molecule has 0 spiro atoms. The maximum absolute atomic E-state index is 11.0. The number of halogens is 3. The van der Waals surface area contributed by atoms with Gasteiger partial charge in [-0.15, -0.1) is 24.8 Å². The fourth-order valence-corrected chi connectivity index (χ4v) is 3.29. The van der Waals surface area contributed by atoms with E-state index < -0.39 is 5.91 Å². The topological polar surface area (TPSA) is 90.4 Å². The molecular weight excluding hydrogens is 437 g/mol. The smallest absolute Gasteiger partial charge is 0.267 e. The third-order valence-electron chi connectivity index (χ3n) is 4.40. The van der Waals surface area contributed by atoms with E-state index >= 15 is 0 Å². The second kappa shape index (κ2) is 12.6. The van der Waals surface area contributed by atoms with Crippen LogP contribution in [0.5, 0.6) is 0 Å². The molecule has 1 saturated heterocycles. The molecule has 29 heavy (non-hydrogen) atoms. The molecule has 7 nitrogen and oxygen atoms in total. The number of rotatable bonds is 6. The summed E-state index contributed by atoms with van der Waals surface area (Å²) in [5.74, 6) is 0.0863. The van der Waals surface area contributed by atoms with Gasteiger partial charge in [0.25, 0.3) is 5.91 Å². The van der Waals surface area contributed by atoms with Crippen LogP contribution in [0.15, 0.2) is 42.7 Å². The number of benzene rings is 1. The summed E-state index contributed by atoms with van der Waals surface area (Å²) in [5.41, 5.74) is 3.20. The summed E-state index contributed by atoms with van der Waals surface area (Å²) in [7, 11) is 0. The average Bonchev–Trinajstić information content (AvgIpc) is 2.69. The van der Waals surface area contributed by atoms with Gasteiger partial charge in [-0.3, -0.25) is 19.9 Å². The summed E-state index contributed by atoms with van der Waals surface area (Å²) >= 11 is 6.27. The van der Waals surface area contributed by atoms with Crippen LogP contribution in [-0.2, 0) is 11.3 Å². The van der Waals surface area contributed by atoms with E-state index in [0.717, 1.165) is 43.1 Å². The van der Waals surface area contributed by atoms with Gasteiger partial charge in [-0.05, 0) is 37.1 Å². The molecule has 1 aromatic heterocycles. The van der Waals surface area contributed by atoms with Gasteiger partial charge in [-0.25, -0.2) is 10.5 Å². The van der Waals surface area contributed by atoms with E-state index in [1.165, 1.54) is 17.6 Å². The zero-order chi connectivity index (χ0) is 19.1. The van der Waals surface area contributed by atoms with Gasteiger partial charge in [0.15, 0.2) is 0 Å². The Morgan fingerprint density at radius 1 is 1.28 bits per heavy atom. The van der Waals surface area contributed by atoms with Crippen molar-refractivity contribution in [1.82, 2.24) is 20.3 Å². The average molecular weight is 461 g/mol. The van der Waals surface area contributed by atoms with Crippen LogP contribution in [0, 0.1) is 0 Å². The first-order valence-corrected chi connectivity index (χ1v) is 9.18. The molecule has 1 aliphatic rings. The fraction of sp³-hybridized carbons (Fsp3) is 0.316. The lowest BCUT2D eigenvalue weighted by Crippen LogP contribution is -2.41. The maximum Gasteiger partial charge on any atom is 0.267 e. The number of likely N-dealkylation sites (tertiary alicyclic amines) is 1. The summed E-state index contributed by atoms with van der Waals surface area (Å²) in [6, 6.07) is 8.23. The minimum absolute atomic E-state index is 0. The SMILES string of the molecule is Cl.Cl.O=C(/C=C/c1cnc(N[C@@H]2CCCN(Cc3ccccc3Cl)C2)cn1)NO. The number of anilines is 1. The van der Waals surface area contributed by atoms with Crippen molar-refractivity contribution in [2.24, 2.45) is 0 Å². The van der Waals surface area contributed by atoms with Gasteiger partial charge in [0.05, 0.1) is 18.1 Å². The van der Waals surface area contributed by atoms with Crippen molar-refractivity contribution >= 4 is 54.2 Å². The van der Waals surface area contributed by atoms with E-state index in [0.29, 0.717) is 11.5 Å². The highest BCUT2D eigenvalue weighted by Gasteiger charge is 2.20. The predicted molar refractivity (Wildman–Crippen MR) is 119 cm³/mol. The molecule has 0 radical (unpaired) electrons. The van der Waals surface area contributed by atoms with Gasteiger partial charge in [-0.2, -0.15) is 0 Å². The molecule has 0 unspecified atom stereocenters. The first-order chi connectivity index (χ1) is 13.1.